The van der Waals surface area contributed by atoms with Crippen LogP contribution in [0.5, 0.6) is 0 Å². The summed E-state index contributed by atoms with van der Waals surface area (Å²) >= 11 is 0. The second-order valence-corrected chi connectivity index (χ2v) is 4.76. The molecule has 0 spiro atoms. The topological polar surface area (TPSA) is 61.7 Å². The minimum Gasteiger partial charge on any atom is -0.399 e. The van der Waals surface area contributed by atoms with Gasteiger partial charge in [0.1, 0.15) is 11.6 Å². The fraction of sp³-hybridized carbons (Fsp3) is 0.286. The number of anilines is 1. The van der Waals surface area contributed by atoms with E-state index in [1.807, 2.05) is 49.1 Å². The Balaban J connectivity index is 1.92. The molecule has 0 aliphatic heterocycles. The Kier molecular flexibility index (Phi) is 2.74. The van der Waals surface area contributed by atoms with E-state index >= 15 is 0 Å². The second kappa shape index (κ2) is 4.42. The highest BCUT2D eigenvalue weighted by atomic mass is 15.1. The lowest BCUT2D eigenvalue weighted by molar-refractivity contribution is 0.649. The van der Waals surface area contributed by atoms with Gasteiger partial charge in [-0.25, -0.2) is 9.97 Å². The molecular weight excluding hydrogens is 238 g/mol. The van der Waals surface area contributed by atoms with Crippen molar-refractivity contribution in [2.45, 2.75) is 19.9 Å². The number of hydrogen-bond donors (Lipinski definition) is 1. The first kappa shape index (κ1) is 11.8. The van der Waals surface area contributed by atoms with Gasteiger partial charge in [0.05, 0.1) is 11.0 Å². The van der Waals surface area contributed by atoms with Crippen molar-refractivity contribution in [2.75, 3.05) is 5.73 Å². The molecule has 0 saturated heterocycles. The van der Waals surface area contributed by atoms with E-state index in [0.29, 0.717) is 0 Å². The van der Waals surface area contributed by atoms with Crippen LogP contribution in [-0.4, -0.2) is 19.1 Å². The molecule has 0 aliphatic carbocycles. The van der Waals surface area contributed by atoms with Gasteiger partial charge in [0.15, 0.2) is 0 Å². The lowest BCUT2D eigenvalue weighted by Crippen LogP contribution is -2.07. The van der Waals surface area contributed by atoms with Gasteiger partial charge >= 0.3 is 0 Å². The summed E-state index contributed by atoms with van der Waals surface area (Å²) in [4.78, 5) is 8.90. The van der Waals surface area contributed by atoms with Gasteiger partial charge in [-0.1, -0.05) is 0 Å². The number of benzene rings is 1. The zero-order chi connectivity index (χ0) is 13.4. The van der Waals surface area contributed by atoms with Crippen LogP contribution in [-0.2, 0) is 20.0 Å². The smallest absolute Gasteiger partial charge is 0.110 e. The van der Waals surface area contributed by atoms with Crippen molar-refractivity contribution in [3.8, 4) is 0 Å². The fourth-order valence-corrected chi connectivity index (χ4v) is 2.40. The normalized spacial score (nSPS) is 11.3. The van der Waals surface area contributed by atoms with Crippen molar-refractivity contribution in [1.29, 1.82) is 0 Å². The molecule has 0 bridgehead atoms. The minimum absolute atomic E-state index is 0.751. The molecule has 1 aromatic carbocycles. The summed E-state index contributed by atoms with van der Waals surface area (Å²) in [6, 6.07) is 5.86. The van der Waals surface area contributed by atoms with Crippen molar-refractivity contribution in [3.05, 3.63) is 42.2 Å². The summed E-state index contributed by atoms with van der Waals surface area (Å²) in [7, 11) is 2.02. The molecule has 19 heavy (non-hydrogen) atoms. The summed E-state index contributed by atoms with van der Waals surface area (Å²) in [5.41, 5.74) is 8.62. The van der Waals surface area contributed by atoms with Crippen LogP contribution in [0.3, 0.4) is 0 Å². The Morgan fingerprint density at radius 3 is 2.89 bits per heavy atom. The van der Waals surface area contributed by atoms with Crippen LogP contribution in [0.15, 0.2) is 30.6 Å². The third kappa shape index (κ3) is 2.07. The molecule has 0 radical (unpaired) electrons. The van der Waals surface area contributed by atoms with Gasteiger partial charge in [-0.05, 0) is 25.1 Å². The Bertz CT molecular complexity index is 723. The van der Waals surface area contributed by atoms with E-state index in [1.165, 1.54) is 0 Å². The van der Waals surface area contributed by atoms with E-state index in [2.05, 4.69) is 14.5 Å². The average molecular weight is 255 g/mol. The molecule has 0 amide bonds. The Hall–Kier alpha value is -2.30. The van der Waals surface area contributed by atoms with E-state index in [1.54, 1.807) is 0 Å². The second-order valence-electron chi connectivity index (χ2n) is 4.76. The van der Waals surface area contributed by atoms with E-state index in [0.717, 1.165) is 41.3 Å². The number of hydrogen-bond acceptors (Lipinski definition) is 3. The summed E-state index contributed by atoms with van der Waals surface area (Å²) in [6.45, 7) is 2.89. The van der Waals surface area contributed by atoms with E-state index < -0.39 is 0 Å². The van der Waals surface area contributed by atoms with Crippen LogP contribution in [0.1, 0.15) is 11.6 Å². The molecule has 5 nitrogen and oxygen atoms in total. The van der Waals surface area contributed by atoms with Crippen molar-refractivity contribution in [1.82, 2.24) is 19.1 Å². The maximum atomic E-state index is 5.79. The number of nitrogen functional groups attached to an aromatic ring is 1. The molecule has 3 rings (SSSR count). The van der Waals surface area contributed by atoms with Gasteiger partial charge in [-0.15, -0.1) is 0 Å². The molecule has 98 valence electrons. The Morgan fingerprint density at radius 2 is 2.16 bits per heavy atom. The van der Waals surface area contributed by atoms with Crippen molar-refractivity contribution >= 4 is 16.7 Å². The molecule has 0 aliphatic rings. The summed E-state index contributed by atoms with van der Waals surface area (Å²) in [5.74, 6) is 2.09. The summed E-state index contributed by atoms with van der Waals surface area (Å²) < 4.78 is 4.26. The molecule has 5 heteroatoms. The maximum Gasteiger partial charge on any atom is 0.110 e. The quantitative estimate of drug-likeness (QED) is 0.727. The van der Waals surface area contributed by atoms with Gasteiger partial charge < -0.3 is 14.9 Å². The molecule has 0 unspecified atom stereocenters. The van der Waals surface area contributed by atoms with Crippen molar-refractivity contribution in [2.24, 2.45) is 7.05 Å². The molecule has 0 atom stereocenters. The van der Waals surface area contributed by atoms with Crippen molar-refractivity contribution in [3.63, 3.8) is 0 Å². The predicted molar refractivity (Wildman–Crippen MR) is 75.8 cm³/mol. The van der Waals surface area contributed by atoms with Crippen LogP contribution >= 0.6 is 0 Å². The van der Waals surface area contributed by atoms with E-state index in [-0.39, 0.29) is 0 Å². The molecule has 0 saturated carbocycles. The summed E-state index contributed by atoms with van der Waals surface area (Å²) in [5, 5.41) is 0. The lowest BCUT2D eigenvalue weighted by atomic mass is 10.3. The van der Waals surface area contributed by atoms with Crippen LogP contribution in [0.25, 0.3) is 11.0 Å². The lowest BCUT2D eigenvalue weighted by Gasteiger charge is -2.07. The highest BCUT2D eigenvalue weighted by Crippen LogP contribution is 2.19. The first-order valence-corrected chi connectivity index (χ1v) is 6.34. The van der Waals surface area contributed by atoms with E-state index in [9.17, 15) is 0 Å². The van der Waals surface area contributed by atoms with Gasteiger partial charge in [-0.2, -0.15) is 0 Å². The standard InChI is InChI=1S/C14H17N5/c1-10-17-12-9-11(15)3-4-13(12)19(10)7-5-14-16-6-8-18(14)2/h3-4,6,8-9H,5,7,15H2,1-2H3. The zero-order valence-electron chi connectivity index (χ0n) is 11.2. The number of aromatic nitrogens is 4. The number of rotatable bonds is 3. The average Bonchev–Trinajstić information content (AvgIpc) is 2.90. The van der Waals surface area contributed by atoms with E-state index in [4.69, 9.17) is 5.73 Å². The fourth-order valence-electron chi connectivity index (χ4n) is 2.40. The molecule has 2 aromatic heterocycles. The van der Waals surface area contributed by atoms with Crippen LogP contribution in [0.2, 0.25) is 0 Å². The van der Waals surface area contributed by atoms with Crippen LogP contribution in [0.4, 0.5) is 5.69 Å². The maximum absolute atomic E-state index is 5.79. The largest absolute Gasteiger partial charge is 0.399 e. The minimum atomic E-state index is 0.751. The molecule has 2 heterocycles. The van der Waals surface area contributed by atoms with Crippen LogP contribution in [0, 0.1) is 6.92 Å². The number of imidazole rings is 2. The van der Waals surface area contributed by atoms with Crippen LogP contribution < -0.4 is 5.73 Å². The highest BCUT2D eigenvalue weighted by molar-refractivity contribution is 5.79. The van der Waals surface area contributed by atoms with Gasteiger partial charge in [-0.3, -0.25) is 0 Å². The number of nitrogens with two attached hydrogens (primary N) is 1. The van der Waals surface area contributed by atoms with Gasteiger partial charge in [0.2, 0.25) is 0 Å². The molecule has 0 fully saturated rings. The monoisotopic (exact) mass is 255 g/mol. The van der Waals surface area contributed by atoms with Gasteiger partial charge in [0.25, 0.3) is 0 Å². The number of nitrogens with zero attached hydrogens (tertiary/aromatic N) is 4. The predicted octanol–water partition coefficient (Wildman–Crippen LogP) is 1.90. The Labute approximate surface area is 111 Å². The number of aryl methyl sites for hydroxylation is 4. The third-order valence-electron chi connectivity index (χ3n) is 3.44. The molecular formula is C14H17N5. The first-order valence-electron chi connectivity index (χ1n) is 6.34. The zero-order valence-corrected chi connectivity index (χ0v) is 11.2. The Morgan fingerprint density at radius 1 is 1.32 bits per heavy atom. The highest BCUT2D eigenvalue weighted by Gasteiger charge is 2.08. The molecule has 3 aromatic rings. The van der Waals surface area contributed by atoms with Crippen molar-refractivity contribution < 1.29 is 0 Å². The summed E-state index contributed by atoms with van der Waals surface area (Å²) in [6.07, 6.45) is 4.68. The SMILES string of the molecule is Cc1nc2cc(N)ccc2n1CCc1nccn1C. The first-order chi connectivity index (χ1) is 9.15. The van der Waals surface area contributed by atoms with Gasteiger partial charge in [0, 0.05) is 38.1 Å². The third-order valence-corrected chi connectivity index (χ3v) is 3.44. The molecule has 2 N–H and O–H groups in total. The number of fused-ring (bicyclic) bond motifs is 1.